The Balaban J connectivity index is 2.48. The zero-order chi connectivity index (χ0) is 13.8. The lowest BCUT2D eigenvalue weighted by Gasteiger charge is -2.10. The fraction of sp³-hybridized carbons (Fsp3) is 0.364. The highest BCUT2D eigenvalue weighted by molar-refractivity contribution is 5.92. The molecule has 2 N–H and O–H groups in total. The molecule has 0 bridgehead atoms. The summed E-state index contributed by atoms with van der Waals surface area (Å²) in [6, 6.07) is 4.40. The van der Waals surface area contributed by atoms with Gasteiger partial charge in [0.05, 0.1) is 18.8 Å². The molecule has 0 spiro atoms. The second-order valence-electron chi connectivity index (χ2n) is 3.70. The molecule has 0 aliphatic carbocycles. The lowest BCUT2D eigenvalue weighted by Crippen LogP contribution is -2.35. The molecule has 0 saturated carbocycles. The predicted octanol–water partition coefficient (Wildman–Crippen LogP) is 2.22. The maximum Gasteiger partial charge on any atom is 0.401 e. The van der Waals surface area contributed by atoms with Gasteiger partial charge >= 0.3 is 6.18 Å². The molecule has 1 aromatic rings. The molecule has 1 rings (SSSR count). The average Bonchev–Trinajstić information content (AvgIpc) is 2.23. The minimum atomic E-state index is -4.38. The molecular formula is C11H12F4N2O. The molecule has 0 aliphatic heterocycles. The Hall–Kier alpha value is -1.63. The van der Waals surface area contributed by atoms with Crippen LogP contribution in [0.25, 0.3) is 0 Å². The zero-order valence-electron chi connectivity index (χ0n) is 9.57. The Morgan fingerprint density at radius 1 is 1.33 bits per heavy atom. The molecule has 0 unspecified atom stereocenters. The highest BCUT2D eigenvalue weighted by Crippen LogP contribution is 2.16. The van der Waals surface area contributed by atoms with Gasteiger partial charge in [0.25, 0.3) is 0 Å². The molecule has 100 valence electrons. The normalized spacial score (nSPS) is 11.4. The Kier molecular flexibility index (Phi) is 4.66. The lowest BCUT2D eigenvalue weighted by molar-refractivity contribution is -0.126. The van der Waals surface area contributed by atoms with Crippen LogP contribution in [0.1, 0.15) is 5.56 Å². The number of rotatable bonds is 4. The van der Waals surface area contributed by atoms with Crippen LogP contribution in [0.15, 0.2) is 18.2 Å². The number of aryl methyl sites for hydroxylation is 1. The highest BCUT2D eigenvalue weighted by Gasteiger charge is 2.26. The summed E-state index contributed by atoms with van der Waals surface area (Å²) in [5.74, 6) is -1.33. The number of anilines is 1. The first-order valence-corrected chi connectivity index (χ1v) is 5.12. The van der Waals surface area contributed by atoms with Gasteiger partial charge in [0.2, 0.25) is 5.91 Å². The third kappa shape index (κ3) is 4.70. The molecule has 0 aromatic heterocycles. The Labute approximate surface area is 101 Å². The molecule has 0 saturated heterocycles. The summed E-state index contributed by atoms with van der Waals surface area (Å²) in [5, 5.41) is 4.11. The summed E-state index contributed by atoms with van der Waals surface area (Å²) in [4.78, 5) is 11.3. The molecule has 0 atom stereocenters. The molecule has 18 heavy (non-hydrogen) atoms. The van der Waals surface area contributed by atoms with Gasteiger partial charge in [-0.05, 0) is 18.6 Å². The van der Waals surface area contributed by atoms with Crippen LogP contribution in [0, 0.1) is 12.7 Å². The first-order valence-electron chi connectivity index (χ1n) is 5.12. The average molecular weight is 264 g/mol. The summed E-state index contributed by atoms with van der Waals surface area (Å²) in [7, 11) is 0. The number of hydrogen-bond donors (Lipinski definition) is 2. The number of halogens is 4. The number of amides is 1. The van der Waals surface area contributed by atoms with Crippen LogP contribution >= 0.6 is 0 Å². The minimum Gasteiger partial charge on any atom is -0.322 e. The number of hydrogen-bond acceptors (Lipinski definition) is 2. The van der Waals surface area contributed by atoms with Gasteiger partial charge in [0, 0.05) is 0 Å². The van der Waals surface area contributed by atoms with Crippen molar-refractivity contribution in [2.45, 2.75) is 13.1 Å². The lowest BCUT2D eigenvalue weighted by atomic mass is 10.2. The maximum atomic E-state index is 13.5. The monoisotopic (exact) mass is 264 g/mol. The van der Waals surface area contributed by atoms with E-state index in [1.165, 1.54) is 25.1 Å². The molecule has 0 fully saturated rings. The Morgan fingerprint density at radius 2 is 2.00 bits per heavy atom. The van der Waals surface area contributed by atoms with Crippen molar-refractivity contribution in [3.63, 3.8) is 0 Å². The molecule has 0 aliphatic rings. The summed E-state index contributed by atoms with van der Waals surface area (Å²) < 4.78 is 48.8. The predicted molar refractivity (Wildman–Crippen MR) is 58.7 cm³/mol. The standard InChI is InChI=1S/C11H12F4N2O/c1-7-3-2-4-8(10(7)12)17-9(18)5-16-6-11(13,14)15/h2-4,16H,5-6H2,1H3,(H,17,18). The van der Waals surface area contributed by atoms with Crippen molar-refractivity contribution in [2.24, 2.45) is 0 Å². The van der Waals surface area contributed by atoms with E-state index in [0.29, 0.717) is 5.56 Å². The second-order valence-corrected chi connectivity index (χ2v) is 3.70. The van der Waals surface area contributed by atoms with Crippen molar-refractivity contribution in [1.29, 1.82) is 0 Å². The van der Waals surface area contributed by atoms with E-state index in [1.54, 1.807) is 0 Å². The van der Waals surface area contributed by atoms with Gasteiger partial charge in [-0.25, -0.2) is 4.39 Å². The van der Waals surface area contributed by atoms with E-state index in [1.807, 2.05) is 5.32 Å². The number of benzene rings is 1. The molecule has 3 nitrogen and oxygen atoms in total. The van der Waals surface area contributed by atoms with Crippen molar-refractivity contribution in [2.75, 3.05) is 18.4 Å². The van der Waals surface area contributed by atoms with Crippen molar-refractivity contribution in [3.05, 3.63) is 29.6 Å². The zero-order valence-corrected chi connectivity index (χ0v) is 9.57. The summed E-state index contributed by atoms with van der Waals surface area (Å²) >= 11 is 0. The van der Waals surface area contributed by atoms with Gasteiger partial charge in [-0.3, -0.25) is 4.79 Å². The topological polar surface area (TPSA) is 41.1 Å². The van der Waals surface area contributed by atoms with Crippen LogP contribution < -0.4 is 10.6 Å². The van der Waals surface area contributed by atoms with Gasteiger partial charge in [0.1, 0.15) is 5.82 Å². The van der Waals surface area contributed by atoms with Crippen molar-refractivity contribution < 1.29 is 22.4 Å². The minimum absolute atomic E-state index is 0.0474. The smallest absolute Gasteiger partial charge is 0.322 e. The number of nitrogens with one attached hydrogen (secondary N) is 2. The first kappa shape index (κ1) is 14.4. The van der Waals surface area contributed by atoms with Crippen LogP contribution in [0.4, 0.5) is 23.2 Å². The SMILES string of the molecule is Cc1cccc(NC(=O)CNCC(F)(F)F)c1F. The van der Waals surface area contributed by atoms with E-state index >= 15 is 0 Å². The molecule has 0 radical (unpaired) electrons. The third-order valence-corrected chi connectivity index (χ3v) is 2.08. The summed E-state index contributed by atoms with van der Waals surface area (Å²) in [5.41, 5.74) is 0.296. The van der Waals surface area contributed by atoms with Crippen LogP contribution in [0.5, 0.6) is 0 Å². The van der Waals surface area contributed by atoms with Crippen LogP contribution in [0.2, 0.25) is 0 Å². The third-order valence-electron chi connectivity index (χ3n) is 2.08. The summed E-state index contributed by atoms with van der Waals surface area (Å²) in [6.07, 6.45) is -4.38. The van der Waals surface area contributed by atoms with E-state index in [-0.39, 0.29) is 5.69 Å². The maximum absolute atomic E-state index is 13.5. The van der Waals surface area contributed by atoms with Gasteiger partial charge < -0.3 is 10.6 Å². The van der Waals surface area contributed by atoms with E-state index in [0.717, 1.165) is 0 Å². The molecule has 0 heterocycles. The molecule has 7 heteroatoms. The fourth-order valence-corrected chi connectivity index (χ4v) is 1.26. The molecular weight excluding hydrogens is 252 g/mol. The Morgan fingerprint density at radius 3 is 2.61 bits per heavy atom. The van der Waals surface area contributed by atoms with E-state index in [9.17, 15) is 22.4 Å². The van der Waals surface area contributed by atoms with Crippen molar-refractivity contribution >= 4 is 11.6 Å². The first-order chi connectivity index (χ1) is 8.29. The quantitative estimate of drug-likeness (QED) is 0.819. The van der Waals surface area contributed by atoms with Crippen LogP contribution in [0.3, 0.4) is 0 Å². The number of carbonyl (C=O) groups is 1. The molecule has 1 aromatic carbocycles. The van der Waals surface area contributed by atoms with Gasteiger partial charge in [-0.1, -0.05) is 12.1 Å². The van der Waals surface area contributed by atoms with Crippen molar-refractivity contribution in [3.8, 4) is 0 Å². The van der Waals surface area contributed by atoms with E-state index in [2.05, 4.69) is 5.32 Å². The van der Waals surface area contributed by atoms with Crippen LogP contribution in [-0.4, -0.2) is 25.2 Å². The highest BCUT2D eigenvalue weighted by atomic mass is 19.4. The number of carbonyl (C=O) groups excluding carboxylic acids is 1. The largest absolute Gasteiger partial charge is 0.401 e. The van der Waals surface area contributed by atoms with E-state index < -0.39 is 31.0 Å². The fourth-order valence-electron chi connectivity index (χ4n) is 1.26. The second kappa shape index (κ2) is 5.81. The Bertz CT molecular complexity index is 432. The van der Waals surface area contributed by atoms with Crippen molar-refractivity contribution in [1.82, 2.24) is 5.32 Å². The number of alkyl halides is 3. The van der Waals surface area contributed by atoms with Gasteiger partial charge in [-0.2, -0.15) is 13.2 Å². The van der Waals surface area contributed by atoms with Gasteiger partial charge in [0.15, 0.2) is 0 Å². The van der Waals surface area contributed by atoms with E-state index in [4.69, 9.17) is 0 Å². The summed E-state index contributed by atoms with van der Waals surface area (Å²) in [6.45, 7) is -0.281. The van der Waals surface area contributed by atoms with Crippen LogP contribution in [-0.2, 0) is 4.79 Å². The molecule has 1 amide bonds. The van der Waals surface area contributed by atoms with Gasteiger partial charge in [-0.15, -0.1) is 0 Å².